The number of nitrogens with zero attached hydrogens (tertiary/aromatic N) is 1. The molecule has 0 atom stereocenters. The molecule has 2 fully saturated rings. The molecule has 0 unspecified atom stereocenters. The maximum absolute atomic E-state index is 12.8. The Kier molecular flexibility index (Phi) is 4.22. The molecule has 2 heterocycles. The van der Waals surface area contributed by atoms with Crippen LogP contribution in [0.2, 0.25) is 0 Å². The topological polar surface area (TPSA) is 62.2 Å². The number of thioether (sulfide) groups is 1. The third-order valence-corrected chi connectivity index (χ3v) is 5.96. The summed E-state index contributed by atoms with van der Waals surface area (Å²) in [5.74, 6) is 2.30. The normalized spacial score (nSPS) is 20.0. The minimum Gasteiger partial charge on any atom is -0.388 e. The maximum Gasteiger partial charge on any atom is 0.252 e. The Hall–Kier alpha value is -1.59. The highest BCUT2D eigenvalue weighted by Crippen LogP contribution is 2.40. The number of benzene rings is 1. The van der Waals surface area contributed by atoms with E-state index in [0.717, 1.165) is 53.8 Å². The lowest BCUT2D eigenvalue weighted by Crippen LogP contribution is -2.45. The molecule has 0 radical (unpaired) electrons. The Bertz CT molecular complexity index is 767. The number of fused-ring (bicyclic) bond motifs is 1. The standard InChI is InChI=1S/C19H22N2O2S/c22-18(20-12-19(23)7-9-24-10-8-19)15-11-17(13-5-6-13)21-16-4-2-1-3-14(15)16/h1-4,11,13,23H,5-10,12H2,(H,20,22). The molecule has 1 aliphatic heterocycles. The maximum atomic E-state index is 12.8. The molecule has 5 heteroatoms. The number of carbonyl (C=O) groups is 1. The Morgan fingerprint density at radius 3 is 2.79 bits per heavy atom. The van der Waals surface area contributed by atoms with Crippen LogP contribution in [0, 0.1) is 0 Å². The Morgan fingerprint density at radius 2 is 2.04 bits per heavy atom. The van der Waals surface area contributed by atoms with Crippen LogP contribution in [0.4, 0.5) is 0 Å². The lowest BCUT2D eigenvalue weighted by molar-refractivity contribution is 0.0311. The van der Waals surface area contributed by atoms with Crippen molar-refractivity contribution in [3.63, 3.8) is 0 Å². The van der Waals surface area contributed by atoms with Gasteiger partial charge >= 0.3 is 0 Å². The molecule has 24 heavy (non-hydrogen) atoms. The van der Waals surface area contributed by atoms with Crippen LogP contribution in [0.1, 0.15) is 47.7 Å². The first-order chi connectivity index (χ1) is 11.6. The summed E-state index contributed by atoms with van der Waals surface area (Å²) in [6.07, 6.45) is 3.79. The molecule has 1 saturated heterocycles. The monoisotopic (exact) mass is 342 g/mol. The van der Waals surface area contributed by atoms with E-state index in [-0.39, 0.29) is 5.91 Å². The largest absolute Gasteiger partial charge is 0.388 e. The molecule has 4 rings (SSSR count). The average molecular weight is 342 g/mol. The fraction of sp³-hybridized carbons (Fsp3) is 0.474. The number of hydrogen-bond donors (Lipinski definition) is 2. The van der Waals surface area contributed by atoms with Crippen LogP contribution in [0.25, 0.3) is 10.9 Å². The number of nitrogens with one attached hydrogen (secondary N) is 1. The SMILES string of the molecule is O=C(NCC1(O)CCSCC1)c1cc(C2CC2)nc2ccccc12. The molecule has 1 aromatic heterocycles. The second-order valence-electron chi connectivity index (χ2n) is 6.91. The third-order valence-electron chi connectivity index (χ3n) is 4.98. The highest BCUT2D eigenvalue weighted by molar-refractivity contribution is 7.99. The third kappa shape index (κ3) is 3.28. The van der Waals surface area contributed by atoms with Gasteiger partial charge in [-0.3, -0.25) is 9.78 Å². The predicted octanol–water partition coefficient (Wildman–Crippen LogP) is 3.10. The zero-order valence-electron chi connectivity index (χ0n) is 13.6. The average Bonchev–Trinajstić information content (AvgIpc) is 3.44. The first kappa shape index (κ1) is 15.9. The van der Waals surface area contributed by atoms with E-state index < -0.39 is 5.60 Å². The minimum atomic E-state index is -0.761. The molecule has 1 aromatic carbocycles. The summed E-state index contributed by atoms with van der Waals surface area (Å²) in [5, 5.41) is 14.4. The fourth-order valence-electron chi connectivity index (χ4n) is 3.24. The summed E-state index contributed by atoms with van der Waals surface area (Å²) in [6.45, 7) is 0.321. The molecule has 0 spiro atoms. The molecule has 2 N–H and O–H groups in total. The second-order valence-corrected chi connectivity index (χ2v) is 8.13. The first-order valence-electron chi connectivity index (χ1n) is 8.63. The van der Waals surface area contributed by atoms with Gasteiger partial charge < -0.3 is 10.4 Å². The van der Waals surface area contributed by atoms with E-state index >= 15 is 0 Å². The van der Waals surface area contributed by atoms with Crippen molar-refractivity contribution in [2.75, 3.05) is 18.1 Å². The summed E-state index contributed by atoms with van der Waals surface area (Å²) < 4.78 is 0. The van der Waals surface area contributed by atoms with Crippen molar-refractivity contribution in [2.24, 2.45) is 0 Å². The first-order valence-corrected chi connectivity index (χ1v) is 9.78. The molecular formula is C19H22N2O2S. The van der Waals surface area contributed by atoms with Crippen molar-refractivity contribution >= 4 is 28.6 Å². The molecule has 1 amide bonds. The van der Waals surface area contributed by atoms with Gasteiger partial charge in [-0.15, -0.1) is 0 Å². The molecule has 4 nitrogen and oxygen atoms in total. The number of rotatable bonds is 4. The van der Waals surface area contributed by atoms with Crippen molar-refractivity contribution in [1.82, 2.24) is 10.3 Å². The summed E-state index contributed by atoms with van der Waals surface area (Å²) >= 11 is 1.86. The van der Waals surface area contributed by atoms with Crippen LogP contribution < -0.4 is 5.32 Å². The van der Waals surface area contributed by atoms with Crippen LogP contribution in [0.15, 0.2) is 30.3 Å². The zero-order valence-corrected chi connectivity index (χ0v) is 14.4. The smallest absolute Gasteiger partial charge is 0.252 e. The molecule has 2 aromatic rings. The van der Waals surface area contributed by atoms with Gasteiger partial charge in [0.2, 0.25) is 0 Å². The number of pyridine rings is 1. The van der Waals surface area contributed by atoms with Gasteiger partial charge in [-0.2, -0.15) is 11.8 Å². The lowest BCUT2D eigenvalue weighted by atomic mass is 9.96. The van der Waals surface area contributed by atoms with Crippen molar-refractivity contribution < 1.29 is 9.90 Å². The van der Waals surface area contributed by atoms with Crippen molar-refractivity contribution in [3.8, 4) is 0 Å². The molecule has 1 saturated carbocycles. The summed E-state index contributed by atoms with van der Waals surface area (Å²) in [5.41, 5.74) is 1.81. The lowest BCUT2D eigenvalue weighted by Gasteiger charge is -2.31. The van der Waals surface area contributed by atoms with E-state index in [1.807, 2.05) is 42.1 Å². The Balaban J connectivity index is 1.59. The second kappa shape index (κ2) is 6.37. The molecular weight excluding hydrogens is 320 g/mol. The summed E-state index contributed by atoms with van der Waals surface area (Å²) in [4.78, 5) is 17.5. The van der Waals surface area contributed by atoms with Gasteiger partial charge in [0, 0.05) is 23.5 Å². The summed E-state index contributed by atoms with van der Waals surface area (Å²) in [6, 6.07) is 9.74. The number of aromatic nitrogens is 1. The van der Waals surface area contributed by atoms with Crippen molar-refractivity contribution in [2.45, 2.75) is 37.2 Å². The van der Waals surface area contributed by atoms with Gasteiger partial charge in [-0.25, -0.2) is 0 Å². The fourth-order valence-corrected chi connectivity index (χ4v) is 4.49. The summed E-state index contributed by atoms with van der Waals surface area (Å²) in [7, 11) is 0. The molecule has 2 aliphatic rings. The van der Waals surface area contributed by atoms with Gasteiger partial charge in [-0.1, -0.05) is 18.2 Å². The Morgan fingerprint density at radius 1 is 1.29 bits per heavy atom. The van der Waals surface area contributed by atoms with Gasteiger partial charge in [0.15, 0.2) is 0 Å². The van der Waals surface area contributed by atoms with E-state index in [9.17, 15) is 9.90 Å². The highest BCUT2D eigenvalue weighted by atomic mass is 32.2. The van der Waals surface area contributed by atoms with Crippen LogP contribution in [0.5, 0.6) is 0 Å². The highest BCUT2D eigenvalue weighted by Gasteiger charge is 2.31. The van der Waals surface area contributed by atoms with E-state index in [1.54, 1.807) is 0 Å². The minimum absolute atomic E-state index is 0.109. The molecule has 0 bridgehead atoms. The quantitative estimate of drug-likeness (QED) is 0.896. The van der Waals surface area contributed by atoms with Gasteiger partial charge in [0.25, 0.3) is 5.91 Å². The van der Waals surface area contributed by atoms with E-state index in [2.05, 4.69) is 5.32 Å². The van der Waals surface area contributed by atoms with Crippen molar-refractivity contribution in [1.29, 1.82) is 0 Å². The molecule has 126 valence electrons. The van der Waals surface area contributed by atoms with Crippen LogP contribution >= 0.6 is 11.8 Å². The predicted molar refractivity (Wildman–Crippen MR) is 97.6 cm³/mol. The van der Waals surface area contributed by atoms with E-state index in [4.69, 9.17) is 4.98 Å². The van der Waals surface area contributed by atoms with E-state index in [1.165, 1.54) is 0 Å². The van der Waals surface area contributed by atoms with Gasteiger partial charge in [0.1, 0.15) is 0 Å². The number of aliphatic hydroxyl groups is 1. The van der Waals surface area contributed by atoms with E-state index in [0.29, 0.717) is 18.0 Å². The van der Waals surface area contributed by atoms with Crippen molar-refractivity contribution in [3.05, 3.63) is 41.6 Å². The van der Waals surface area contributed by atoms with Crippen LogP contribution in [0.3, 0.4) is 0 Å². The van der Waals surface area contributed by atoms with Gasteiger partial charge in [-0.05, 0) is 49.3 Å². The number of para-hydroxylation sites is 1. The molecule has 1 aliphatic carbocycles. The van der Waals surface area contributed by atoms with Gasteiger partial charge in [0.05, 0.1) is 16.7 Å². The van der Waals surface area contributed by atoms with Crippen LogP contribution in [-0.4, -0.2) is 39.6 Å². The van der Waals surface area contributed by atoms with Crippen LogP contribution in [-0.2, 0) is 0 Å². The number of amides is 1. The number of carbonyl (C=O) groups excluding carboxylic acids is 1. The Labute approximate surface area is 146 Å². The zero-order chi connectivity index (χ0) is 16.6. The number of hydrogen-bond acceptors (Lipinski definition) is 4.